The highest BCUT2D eigenvalue weighted by molar-refractivity contribution is 7.92. The van der Waals surface area contributed by atoms with Crippen molar-refractivity contribution < 1.29 is 50.7 Å². The van der Waals surface area contributed by atoms with Gasteiger partial charge in [0.05, 0.1) is 35.4 Å². The number of nitrogen functional groups attached to an aromatic ring is 1. The first-order valence-corrected chi connectivity index (χ1v) is 29.1. The minimum Gasteiger partial charge on any atom is -0.480 e. The molecule has 9 rings (SSSR count). The van der Waals surface area contributed by atoms with Crippen molar-refractivity contribution in [1.82, 2.24) is 25.8 Å². The molecule has 3 heterocycles. The lowest BCUT2D eigenvalue weighted by Gasteiger charge is -2.25. The zero-order chi connectivity index (χ0) is 53.8. The summed E-state index contributed by atoms with van der Waals surface area (Å²) in [5.41, 5.74) is 15.0. The number of carbonyl (C=O) groups is 6. The highest BCUT2D eigenvalue weighted by Crippen LogP contribution is 2.46. The number of carbonyl (C=O) groups excluding carboxylic acids is 5. The molecule has 0 bridgehead atoms. The van der Waals surface area contributed by atoms with Gasteiger partial charge in [0.2, 0.25) is 17.7 Å². The molecule has 7 N–H and O–H groups in total. The number of aliphatic carboxylic acids is 1. The second kappa shape index (κ2) is 20.5. The van der Waals surface area contributed by atoms with Crippen LogP contribution in [0.2, 0.25) is 0 Å². The predicted molar refractivity (Wildman–Crippen MR) is 283 cm³/mol. The molecule has 2 unspecified atom stereocenters. The maximum atomic E-state index is 13.8. The molecule has 2 fully saturated rings. The number of carboxylic acid groups (broad SMARTS) is 1. The number of carboxylic acids is 1. The zero-order valence-corrected chi connectivity index (χ0v) is 44.0. The summed E-state index contributed by atoms with van der Waals surface area (Å²) in [5, 5.41) is 25.4. The number of aryl methyl sites for hydroxylation is 1. The molecule has 4 aliphatic rings. The molecule has 0 spiro atoms. The summed E-state index contributed by atoms with van der Waals surface area (Å²) in [4.78, 5) is 82.8. The van der Waals surface area contributed by atoms with E-state index in [2.05, 4.69) is 28.9 Å². The Labute approximate surface area is 438 Å². The van der Waals surface area contributed by atoms with Gasteiger partial charge in [-0.25, -0.2) is 21.6 Å². The molecular weight excluding hydrogens is 1020 g/mol. The number of hydrogen-bond acceptors (Lipinski definition) is 12. The van der Waals surface area contributed by atoms with E-state index >= 15 is 0 Å². The Morgan fingerprint density at radius 1 is 0.707 bits per heavy atom. The van der Waals surface area contributed by atoms with Crippen LogP contribution in [0.5, 0.6) is 0 Å². The summed E-state index contributed by atoms with van der Waals surface area (Å²) in [6, 6.07) is 22.7. The van der Waals surface area contributed by atoms with Crippen LogP contribution in [0, 0.1) is 5.41 Å². The summed E-state index contributed by atoms with van der Waals surface area (Å²) in [6.07, 6.45) is 0.755. The molecule has 21 heteroatoms. The van der Waals surface area contributed by atoms with Crippen molar-refractivity contribution in [3.8, 4) is 22.3 Å². The standard InChI is InChI=1S/C54H57N7O11S3/c1-28-37-7-5-6-8-40(37)43-18-32(10-13-38(28)43)51(64)58-24-49(63)61-26-36(22-46(61)54(67)68)75(71,72)16-15-31-9-12-41-42(17-31)29(2)39-14-11-33(19-44(39)41)52(65)57-23-48(62)60-25-35(74(4,69)70)21-45(60)53(66)59-30(3)47-20-34(27-73-47)50(55)56/h5-14,17-20,27-30,35-36,45-46H,15-16,21-26H2,1-4H3,(H3,55,56)(H,57,65)(H,58,64)(H,59,66)(H,67,68)/t28?,29?,30-,35-,36-,45+,46+/m1/s1. The largest absolute Gasteiger partial charge is 0.480 e. The van der Waals surface area contributed by atoms with Crippen LogP contribution in [0.1, 0.15) is 110 Å². The van der Waals surface area contributed by atoms with Crippen LogP contribution in [0.3, 0.4) is 0 Å². The van der Waals surface area contributed by atoms with Crippen molar-refractivity contribution in [2.24, 2.45) is 5.73 Å². The Morgan fingerprint density at radius 2 is 1.25 bits per heavy atom. The van der Waals surface area contributed by atoms with Crippen LogP contribution in [0.15, 0.2) is 90.3 Å². The second-order valence-electron chi connectivity index (χ2n) is 19.9. The second-order valence-corrected chi connectivity index (χ2v) is 25.6. The van der Waals surface area contributed by atoms with E-state index in [1.165, 1.54) is 16.2 Å². The molecule has 7 atom stereocenters. The van der Waals surface area contributed by atoms with E-state index in [0.717, 1.165) is 61.2 Å². The van der Waals surface area contributed by atoms with Gasteiger partial charge in [-0.15, -0.1) is 11.3 Å². The topological polar surface area (TPSA) is 283 Å². The summed E-state index contributed by atoms with van der Waals surface area (Å²) in [5.74, 6) is -4.72. The van der Waals surface area contributed by atoms with Gasteiger partial charge in [-0.05, 0) is 107 Å². The normalized spacial score (nSPS) is 20.9. The first-order chi connectivity index (χ1) is 35.5. The number of nitrogens with two attached hydrogens (primary N) is 1. The third-order valence-electron chi connectivity index (χ3n) is 15.2. The number of nitrogens with one attached hydrogen (secondary N) is 4. The monoisotopic (exact) mass is 1080 g/mol. The molecular formula is C54H57N7O11S3. The van der Waals surface area contributed by atoms with Gasteiger partial charge in [-0.3, -0.25) is 29.4 Å². The SMILES string of the molecule is CC1c2ccccc2-c2cc(C(=O)NCC(=O)N3C[C@H](S(=O)(=O)CCc4ccc5c(c4)C(C)c4ccc(C(=O)NCC(=O)N6C[C@H](S(C)(=O)=O)C[C@H]6C(=O)N[C@H](C)c6cc(C(=N)N)cs6)cc4-5)C[C@H]3C(=O)O)ccc21. The molecule has 18 nitrogen and oxygen atoms in total. The lowest BCUT2D eigenvalue weighted by molar-refractivity contribution is -0.147. The number of hydrogen-bond donors (Lipinski definition) is 6. The fourth-order valence-corrected chi connectivity index (χ4v) is 14.5. The van der Waals surface area contributed by atoms with Crippen LogP contribution in [-0.4, -0.2) is 134 Å². The van der Waals surface area contributed by atoms with E-state index in [-0.39, 0.29) is 61.3 Å². The first kappa shape index (κ1) is 52.6. The number of nitrogens with zero attached hydrogens (tertiary/aromatic N) is 2. The molecule has 5 amide bonds. The molecule has 2 saturated heterocycles. The van der Waals surface area contributed by atoms with Crippen LogP contribution in [0.25, 0.3) is 22.3 Å². The fraction of sp³-hybridized carbons (Fsp3) is 0.352. The van der Waals surface area contributed by atoms with Crippen LogP contribution in [-0.2, 0) is 45.3 Å². The van der Waals surface area contributed by atoms with Gasteiger partial charge in [-0.2, -0.15) is 0 Å². The Morgan fingerprint density at radius 3 is 1.84 bits per heavy atom. The minimum atomic E-state index is -3.92. The lowest BCUT2D eigenvalue weighted by atomic mass is 9.97. The van der Waals surface area contributed by atoms with E-state index in [9.17, 15) is 50.7 Å². The molecule has 75 heavy (non-hydrogen) atoms. The smallest absolute Gasteiger partial charge is 0.326 e. The average molecular weight is 1080 g/mol. The van der Waals surface area contributed by atoms with Crippen molar-refractivity contribution in [3.05, 3.63) is 140 Å². The molecule has 1 aromatic heterocycles. The number of rotatable bonds is 16. The summed E-state index contributed by atoms with van der Waals surface area (Å²) >= 11 is 1.29. The number of amides is 5. The van der Waals surface area contributed by atoms with Crippen LogP contribution in [0.4, 0.5) is 0 Å². The number of fused-ring (bicyclic) bond motifs is 6. The molecule has 4 aromatic carbocycles. The Kier molecular flexibility index (Phi) is 14.4. The number of likely N-dealkylation sites (tertiary alicyclic amines) is 2. The summed E-state index contributed by atoms with van der Waals surface area (Å²) in [6.45, 7) is 4.24. The van der Waals surface area contributed by atoms with Crippen molar-refractivity contribution >= 4 is 72.4 Å². The van der Waals surface area contributed by atoms with E-state index in [1.54, 1.807) is 48.7 Å². The molecule has 0 radical (unpaired) electrons. The van der Waals surface area contributed by atoms with E-state index in [4.69, 9.17) is 11.1 Å². The van der Waals surface area contributed by atoms with E-state index in [0.29, 0.717) is 16.0 Å². The molecule has 0 saturated carbocycles. The maximum absolute atomic E-state index is 13.8. The van der Waals surface area contributed by atoms with Gasteiger partial charge in [0.1, 0.15) is 17.9 Å². The first-order valence-electron chi connectivity index (χ1n) is 24.5. The van der Waals surface area contributed by atoms with Crippen molar-refractivity contribution in [2.75, 3.05) is 38.2 Å². The number of amidine groups is 1. The van der Waals surface area contributed by atoms with E-state index < -0.39 is 96.9 Å². The molecule has 2 aliphatic carbocycles. The molecule has 2 aliphatic heterocycles. The van der Waals surface area contributed by atoms with Crippen molar-refractivity contribution in [1.29, 1.82) is 5.41 Å². The van der Waals surface area contributed by atoms with Gasteiger partial charge in [0.15, 0.2) is 19.7 Å². The summed E-state index contributed by atoms with van der Waals surface area (Å²) < 4.78 is 52.9. The molecule has 392 valence electrons. The Bertz CT molecular complexity index is 3450. The van der Waals surface area contributed by atoms with Crippen molar-refractivity contribution in [3.63, 3.8) is 0 Å². The van der Waals surface area contributed by atoms with Gasteiger partial charge >= 0.3 is 5.97 Å². The average Bonchev–Trinajstić information content (AvgIpc) is 4.24. The lowest BCUT2D eigenvalue weighted by Crippen LogP contribution is -2.49. The minimum absolute atomic E-state index is 0.114. The van der Waals surface area contributed by atoms with Gasteiger partial charge in [-0.1, -0.05) is 68.4 Å². The number of sulfone groups is 2. The third-order valence-corrected chi connectivity index (χ3v) is 20.0. The Hall–Kier alpha value is -7.23. The highest BCUT2D eigenvalue weighted by atomic mass is 32.2. The third kappa shape index (κ3) is 10.4. The van der Waals surface area contributed by atoms with Gasteiger partial charge in [0, 0.05) is 58.1 Å². The fourth-order valence-electron chi connectivity index (χ4n) is 10.9. The zero-order valence-electron chi connectivity index (χ0n) is 41.6. The van der Waals surface area contributed by atoms with Gasteiger partial charge in [0.25, 0.3) is 11.8 Å². The van der Waals surface area contributed by atoms with Gasteiger partial charge < -0.3 is 36.6 Å². The molecule has 5 aromatic rings. The summed E-state index contributed by atoms with van der Waals surface area (Å²) in [7, 11) is -7.56. The number of thiophene rings is 1. The van der Waals surface area contributed by atoms with Crippen LogP contribution < -0.4 is 21.7 Å². The van der Waals surface area contributed by atoms with Crippen molar-refractivity contribution in [2.45, 2.75) is 80.5 Å². The Balaban J connectivity index is 0.800. The maximum Gasteiger partial charge on any atom is 0.326 e. The highest BCUT2D eigenvalue weighted by Gasteiger charge is 2.46. The predicted octanol–water partition coefficient (Wildman–Crippen LogP) is 4.36. The van der Waals surface area contributed by atoms with Crippen LogP contribution >= 0.6 is 11.3 Å². The quantitative estimate of drug-likeness (QED) is 0.0594. The number of benzene rings is 4. The van der Waals surface area contributed by atoms with E-state index in [1.807, 2.05) is 49.4 Å².